The van der Waals surface area contributed by atoms with E-state index in [-0.39, 0.29) is 6.04 Å². The van der Waals surface area contributed by atoms with Gasteiger partial charge in [-0.25, -0.2) is 0 Å². The fraction of sp³-hybridized carbons (Fsp3) is 0.571. The first-order valence-corrected chi connectivity index (χ1v) is 6.11. The molecule has 1 atom stereocenters. The minimum atomic E-state index is -0.127. The summed E-state index contributed by atoms with van der Waals surface area (Å²) in [4.78, 5) is 0. The van der Waals surface area contributed by atoms with Crippen molar-refractivity contribution in [1.29, 1.82) is 0 Å². The number of ether oxygens (including phenoxy) is 2. The summed E-state index contributed by atoms with van der Waals surface area (Å²) in [7, 11) is 1.66. The molecule has 1 unspecified atom stereocenters. The van der Waals surface area contributed by atoms with Gasteiger partial charge in [0.1, 0.15) is 5.75 Å². The molecule has 96 valence electrons. The van der Waals surface area contributed by atoms with E-state index in [4.69, 9.17) is 15.2 Å². The second-order valence-electron chi connectivity index (χ2n) is 4.61. The van der Waals surface area contributed by atoms with Gasteiger partial charge >= 0.3 is 0 Å². The lowest BCUT2D eigenvalue weighted by atomic mass is 10.1. The van der Waals surface area contributed by atoms with Gasteiger partial charge in [-0.05, 0) is 18.4 Å². The van der Waals surface area contributed by atoms with Crippen LogP contribution < -0.4 is 10.5 Å². The molecule has 0 heterocycles. The number of benzene rings is 1. The summed E-state index contributed by atoms with van der Waals surface area (Å²) in [5.74, 6) is 1.49. The average Bonchev–Trinajstić information content (AvgIpc) is 2.34. The summed E-state index contributed by atoms with van der Waals surface area (Å²) in [6, 6.07) is 7.68. The Labute approximate surface area is 104 Å². The van der Waals surface area contributed by atoms with Gasteiger partial charge in [-0.3, -0.25) is 0 Å². The molecule has 1 rings (SSSR count). The van der Waals surface area contributed by atoms with Crippen molar-refractivity contribution in [2.24, 2.45) is 11.7 Å². The van der Waals surface area contributed by atoms with Gasteiger partial charge in [-0.2, -0.15) is 0 Å². The van der Waals surface area contributed by atoms with E-state index in [1.807, 2.05) is 24.3 Å². The zero-order valence-electron chi connectivity index (χ0n) is 11.0. The molecule has 1 aromatic rings. The molecule has 0 radical (unpaired) electrons. The van der Waals surface area contributed by atoms with Crippen molar-refractivity contribution in [3.8, 4) is 5.75 Å². The first-order chi connectivity index (χ1) is 8.15. The summed E-state index contributed by atoms with van der Waals surface area (Å²) < 4.78 is 10.9. The second kappa shape index (κ2) is 7.30. The van der Waals surface area contributed by atoms with Gasteiger partial charge in [0.05, 0.1) is 19.8 Å². The number of hydrogen-bond acceptors (Lipinski definition) is 3. The van der Waals surface area contributed by atoms with Crippen LogP contribution in [0.25, 0.3) is 0 Å². The standard InChI is InChI=1S/C14H23NO2/c1-11(2)8-9-17-10-13(15)12-6-4-5-7-14(12)16-3/h4-7,11,13H,8-10,15H2,1-3H3. The van der Waals surface area contributed by atoms with Crippen LogP contribution >= 0.6 is 0 Å². The Morgan fingerprint density at radius 2 is 1.94 bits per heavy atom. The van der Waals surface area contributed by atoms with Crippen LogP contribution in [-0.2, 0) is 4.74 Å². The number of nitrogens with two attached hydrogens (primary N) is 1. The Hall–Kier alpha value is -1.06. The third-order valence-electron chi connectivity index (χ3n) is 2.68. The van der Waals surface area contributed by atoms with Gasteiger partial charge in [0.25, 0.3) is 0 Å². The van der Waals surface area contributed by atoms with Crippen LogP contribution in [0.15, 0.2) is 24.3 Å². The van der Waals surface area contributed by atoms with Crippen molar-refractivity contribution >= 4 is 0 Å². The van der Waals surface area contributed by atoms with Crippen molar-refractivity contribution in [3.63, 3.8) is 0 Å². The van der Waals surface area contributed by atoms with E-state index in [2.05, 4.69) is 13.8 Å². The highest BCUT2D eigenvalue weighted by atomic mass is 16.5. The van der Waals surface area contributed by atoms with Crippen LogP contribution in [0.2, 0.25) is 0 Å². The number of hydrogen-bond donors (Lipinski definition) is 1. The second-order valence-corrected chi connectivity index (χ2v) is 4.61. The van der Waals surface area contributed by atoms with Crippen LogP contribution in [0.4, 0.5) is 0 Å². The largest absolute Gasteiger partial charge is 0.496 e. The van der Waals surface area contributed by atoms with Gasteiger partial charge in [0.15, 0.2) is 0 Å². The minimum absolute atomic E-state index is 0.127. The first kappa shape index (κ1) is 14.0. The maximum absolute atomic E-state index is 6.08. The molecule has 0 aliphatic carbocycles. The molecule has 0 bridgehead atoms. The molecule has 3 nitrogen and oxygen atoms in total. The summed E-state index contributed by atoms with van der Waals surface area (Å²) >= 11 is 0. The van der Waals surface area contributed by atoms with Gasteiger partial charge in [0.2, 0.25) is 0 Å². The van der Waals surface area contributed by atoms with Crippen LogP contribution in [0.3, 0.4) is 0 Å². The molecular formula is C14H23NO2. The molecule has 17 heavy (non-hydrogen) atoms. The average molecular weight is 237 g/mol. The Kier molecular flexibility index (Phi) is 6.01. The van der Waals surface area contributed by atoms with Crippen LogP contribution in [-0.4, -0.2) is 20.3 Å². The van der Waals surface area contributed by atoms with Gasteiger partial charge in [-0.1, -0.05) is 32.0 Å². The predicted molar refractivity (Wildman–Crippen MR) is 70.2 cm³/mol. The zero-order valence-corrected chi connectivity index (χ0v) is 11.0. The molecule has 0 aliphatic rings. The Morgan fingerprint density at radius 1 is 1.24 bits per heavy atom. The Morgan fingerprint density at radius 3 is 2.59 bits per heavy atom. The van der Waals surface area contributed by atoms with Gasteiger partial charge < -0.3 is 15.2 Å². The van der Waals surface area contributed by atoms with Crippen LogP contribution in [0.1, 0.15) is 31.9 Å². The lowest BCUT2D eigenvalue weighted by Gasteiger charge is -2.16. The quantitative estimate of drug-likeness (QED) is 0.742. The van der Waals surface area contributed by atoms with E-state index >= 15 is 0 Å². The molecule has 0 aliphatic heterocycles. The third-order valence-corrected chi connectivity index (χ3v) is 2.68. The molecule has 2 N–H and O–H groups in total. The SMILES string of the molecule is COc1ccccc1C(N)COCCC(C)C. The van der Waals surface area contributed by atoms with Gasteiger partial charge in [0, 0.05) is 12.2 Å². The summed E-state index contributed by atoms with van der Waals surface area (Å²) in [5.41, 5.74) is 7.08. The van der Waals surface area contributed by atoms with Crippen molar-refractivity contribution in [3.05, 3.63) is 29.8 Å². The molecule has 3 heteroatoms. The highest BCUT2D eigenvalue weighted by molar-refractivity contribution is 5.35. The van der Waals surface area contributed by atoms with E-state index in [1.165, 1.54) is 0 Å². The van der Waals surface area contributed by atoms with Crippen LogP contribution in [0, 0.1) is 5.92 Å². The summed E-state index contributed by atoms with van der Waals surface area (Å²) in [5, 5.41) is 0. The van der Waals surface area contributed by atoms with E-state index in [0.29, 0.717) is 12.5 Å². The molecule has 0 saturated heterocycles. The highest BCUT2D eigenvalue weighted by Gasteiger charge is 2.11. The maximum atomic E-state index is 6.08. The third kappa shape index (κ3) is 4.75. The smallest absolute Gasteiger partial charge is 0.123 e. The monoisotopic (exact) mass is 237 g/mol. The Bertz CT molecular complexity index is 326. The van der Waals surface area contributed by atoms with E-state index in [9.17, 15) is 0 Å². The molecule has 0 amide bonds. The minimum Gasteiger partial charge on any atom is -0.496 e. The first-order valence-electron chi connectivity index (χ1n) is 6.11. The maximum Gasteiger partial charge on any atom is 0.123 e. The summed E-state index contributed by atoms with van der Waals surface area (Å²) in [6.45, 7) is 5.67. The predicted octanol–water partition coefficient (Wildman–Crippen LogP) is 2.76. The van der Waals surface area contributed by atoms with Crippen molar-refractivity contribution in [2.75, 3.05) is 20.3 Å². The highest BCUT2D eigenvalue weighted by Crippen LogP contribution is 2.23. The van der Waals surface area contributed by atoms with E-state index in [1.54, 1.807) is 7.11 Å². The molecule has 0 saturated carbocycles. The van der Waals surface area contributed by atoms with E-state index < -0.39 is 0 Å². The normalized spacial score (nSPS) is 12.8. The number of rotatable bonds is 7. The lowest BCUT2D eigenvalue weighted by Crippen LogP contribution is -2.18. The molecule has 1 aromatic carbocycles. The van der Waals surface area contributed by atoms with Crippen molar-refractivity contribution < 1.29 is 9.47 Å². The van der Waals surface area contributed by atoms with Gasteiger partial charge in [-0.15, -0.1) is 0 Å². The molecule has 0 fully saturated rings. The lowest BCUT2D eigenvalue weighted by molar-refractivity contribution is 0.111. The molecule has 0 aromatic heterocycles. The van der Waals surface area contributed by atoms with E-state index in [0.717, 1.165) is 24.3 Å². The topological polar surface area (TPSA) is 44.5 Å². The van der Waals surface area contributed by atoms with Crippen LogP contribution in [0.5, 0.6) is 5.75 Å². The van der Waals surface area contributed by atoms with Crippen molar-refractivity contribution in [1.82, 2.24) is 0 Å². The zero-order chi connectivity index (χ0) is 12.7. The fourth-order valence-electron chi connectivity index (χ4n) is 1.59. The number of methoxy groups -OCH3 is 1. The number of para-hydroxylation sites is 1. The Balaban J connectivity index is 2.43. The molecule has 0 spiro atoms. The fourth-order valence-corrected chi connectivity index (χ4v) is 1.59. The molecular weight excluding hydrogens is 214 g/mol. The van der Waals surface area contributed by atoms with Crippen molar-refractivity contribution in [2.45, 2.75) is 26.3 Å². The summed E-state index contributed by atoms with van der Waals surface area (Å²) in [6.07, 6.45) is 1.07.